The zero-order valence-electron chi connectivity index (χ0n) is 18.4. The molecule has 0 aliphatic heterocycles. The number of H-pyrrole nitrogens is 1. The first-order valence-electron chi connectivity index (χ1n) is 10.6. The van der Waals surface area contributed by atoms with Gasteiger partial charge < -0.3 is 19.0 Å². The number of aryl methyl sites for hydroxylation is 1. The number of amides is 1. The van der Waals surface area contributed by atoms with Gasteiger partial charge in [-0.05, 0) is 24.3 Å². The summed E-state index contributed by atoms with van der Waals surface area (Å²) >= 11 is 0. The molecule has 0 saturated heterocycles. The Labute approximate surface area is 193 Å². The standard InChI is InChI=1S/C24H22F2N4O4/c1-33-11-10-30(14-21-28-19-5-3-2-4-17(19)24(32)29-21)23(31)9-8-22-27-13-20(34-22)16-7-6-15(25)12-18(16)26/h2-7,12-13H,8-11,14H2,1H3,(H,28,29,32). The number of aromatic amines is 1. The number of hydrogen-bond acceptors (Lipinski definition) is 6. The Morgan fingerprint density at radius 3 is 2.82 bits per heavy atom. The first kappa shape index (κ1) is 23.2. The Bertz CT molecular complexity index is 1370. The predicted molar refractivity (Wildman–Crippen MR) is 120 cm³/mol. The number of rotatable bonds is 9. The number of nitrogens with one attached hydrogen (secondary N) is 1. The van der Waals surface area contributed by atoms with Gasteiger partial charge in [0.2, 0.25) is 5.91 Å². The zero-order valence-corrected chi connectivity index (χ0v) is 18.4. The lowest BCUT2D eigenvalue weighted by Crippen LogP contribution is -2.34. The van der Waals surface area contributed by atoms with Gasteiger partial charge in [-0.3, -0.25) is 9.59 Å². The van der Waals surface area contributed by atoms with Crippen LogP contribution in [0.15, 0.2) is 57.9 Å². The van der Waals surface area contributed by atoms with Crippen LogP contribution in [0.3, 0.4) is 0 Å². The fourth-order valence-corrected chi connectivity index (χ4v) is 3.50. The molecular weight excluding hydrogens is 446 g/mol. The van der Waals surface area contributed by atoms with E-state index >= 15 is 0 Å². The molecule has 0 fully saturated rings. The van der Waals surface area contributed by atoms with Crippen LogP contribution in [-0.2, 0) is 22.5 Å². The zero-order chi connectivity index (χ0) is 24.1. The lowest BCUT2D eigenvalue weighted by atomic mass is 10.2. The maximum absolute atomic E-state index is 14.0. The summed E-state index contributed by atoms with van der Waals surface area (Å²) in [5, 5.41) is 0.471. The molecule has 34 heavy (non-hydrogen) atoms. The quantitative estimate of drug-likeness (QED) is 0.404. The van der Waals surface area contributed by atoms with Crippen molar-refractivity contribution in [2.45, 2.75) is 19.4 Å². The minimum absolute atomic E-state index is 0.0629. The molecule has 1 amide bonds. The van der Waals surface area contributed by atoms with E-state index in [-0.39, 0.29) is 48.1 Å². The lowest BCUT2D eigenvalue weighted by Gasteiger charge is -2.21. The van der Waals surface area contributed by atoms with Crippen LogP contribution in [0.25, 0.3) is 22.2 Å². The molecular formula is C24H22F2N4O4. The van der Waals surface area contributed by atoms with Gasteiger partial charge in [0.25, 0.3) is 5.56 Å². The number of methoxy groups -OCH3 is 1. The van der Waals surface area contributed by atoms with E-state index < -0.39 is 11.6 Å². The van der Waals surface area contributed by atoms with E-state index in [2.05, 4.69) is 15.0 Å². The fourth-order valence-electron chi connectivity index (χ4n) is 3.50. The second kappa shape index (κ2) is 10.3. The molecule has 0 aliphatic rings. The van der Waals surface area contributed by atoms with Gasteiger partial charge >= 0.3 is 0 Å². The molecule has 10 heteroatoms. The van der Waals surface area contributed by atoms with Gasteiger partial charge in [0.15, 0.2) is 11.7 Å². The molecule has 4 aromatic rings. The first-order valence-corrected chi connectivity index (χ1v) is 10.6. The van der Waals surface area contributed by atoms with Crippen molar-refractivity contribution in [3.8, 4) is 11.3 Å². The maximum Gasteiger partial charge on any atom is 0.258 e. The molecule has 2 aromatic carbocycles. The molecule has 1 N–H and O–H groups in total. The normalized spacial score (nSPS) is 11.1. The van der Waals surface area contributed by atoms with Gasteiger partial charge in [0, 0.05) is 32.6 Å². The van der Waals surface area contributed by atoms with E-state index in [1.807, 2.05) is 0 Å². The second-order valence-corrected chi connectivity index (χ2v) is 7.58. The van der Waals surface area contributed by atoms with E-state index in [4.69, 9.17) is 9.15 Å². The average molecular weight is 468 g/mol. The lowest BCUT2D eigenvalue weighted by molar-refractivity contribution is -0.132. The molecule has 8 nitrogen and oxygen atoms in total. The van der Waals surface area contributed by atoms with Crippen LogP contribution >= 0.6 is 0 Å². The number of ether oxygens (including phenoxy) is 1. The molecule has 0 aliphatic carbocycles. The van der Waals surface area contributed by atoms with Crippen LogP contribution < -0.4 is 5.56 Å². The van der Waals surface area contributed by atoms with Gasteiger partial charge in [-0.2, -0.15) is 0 Å². The maximum atomic E-state index is 14.0. The van der Waals surface area contributed by atoms with Crippen LogP contribution in [0, 0.1) is 11.6 Å². The minimum Gasteiger partial charge on any atom is -0.441 e. The van der Waals surface area contributed by atoms with Gasteiger partial charge in [-0.1, -0.05) is 12.1 Å². The number of benzene rings is 2. The summed E-state index contributed by atoms with van der Waals surface area (Å²) in [6, 6.07) is 10.1. The number of carbonyl (C=O) groups is 1. The summed E-state index contributed by atoms with van der Waals surface area (Å²) in [6.45, 7) is 0.694. The van der Waals surface area contributed by atoms with Crippen molar-refractivity contribution in [3.05, 3.63) is 82.4 Å². The number of hydrogen-bond donors (Lipinski definition) is 1. The first-order chi connectivity index (χ1) is 16.4. The number of para-hydroxylation sites is 1. The van der Waals surface area contributed by atoms with Crippen LogP contribution in [0.1, 0.15) is 18.1 Å². The van der Waals surface area contributed by atoms with Crippen molar-refractivity contribution in [1.82, 2.24) is 19.9 Å². The van der Waals surface area contributed by atoms with Gasteiger partial charge in [0.05, 0.1) is 35.8 Å². The molecule has 2 aromatic heterocycles. The summed E-state index contributed by atoms with van der Waals surface area (Å²) in [5.74, 6) is -0.921. The SMILES string of the molecule is COCCN(Cc1nc2ccccc2c(=O)[nH]1)C(=O)CCc1ncc(-c2ccc(F)cc2F)o1. The van der Waals surface area contributed by atoms with Gasteiger partial charge in [-0.15, -0.1) is 0 Å². The van der Waals surface area contributed by atoms with Crippen LogP contribution in [0.4, 0.5) is 8.78 Å². The Morgan fingerprint density at radius 2 is 2.03 bits per heavy atom. The molecule has 176 valence electrons. The largest absolute Gasteiger partial charge is 0.441 e. The summed E-state index contributed by atoms with van der Waals surface area (Å²) in [7, 11) is 1.53. The second-order valence-electron chi connectivity index (χ2n) is 7.58. The number of aromatic nitrogens is 3. The Balaban J connectivity index is 1.45. The number of halogens is 2. The van der Waals surface area contributed by atoms with E-state index in [1.165, 1.54) is 24.3 Å². The highest BCUT2D eigenvalue weighted by atomic mass is 19.1. The average Bonchev–Trinajstić information content (AvgIpc) is 3.29. The Hall–Kier alpha value is -3.92. The van der Waals surface area contributed by atoms with Crippen molar-refractivity contribution >= 4 is 16.8 Å². The van der Waals surface area contributed by atoms with E-state index in [0.29, 0.717) is 29.9 Å². The third kappa shape index (κ3) is 5.34. The summed E-state index contributed by atoms with van der Waals surface area (Å²) in [4.78, 5) is 38.1. The third-order valence-electron chi connectivity index (χ3n) is 5.22. The molecule has 0 spiro atoms. The fraction of sp³-hybridized carbons (Fsp3) is 0.250. The minimum atomic E-state index is -0.763. The smallest absolute Gasteiger partial charge is 0.258 e. The molecule has 2 heterocycles. The number of carbonyl (C=O) groups excluding carboxylic acids is 1. The number of nitrogens with zero attached hydrogens (tertiary/aromatic N) is 3. The van der Waals surface area contributed by atoms with Crippen LogP contribution in [0.2, 0.25) is 0 Å². The van der Waals surface area contributed by atoms with Crippen molar-refractivity contribution in [3.63, 3.8) is 0 Å². The van der Waals surface area contributed by atoms with Gasteiger partial charge in [-0.25, -0.2) is 18.7 Å². The van der Waals surface area contributed by atoms with E-state index in [0.717, 1.165) is 12.1 Å². The van der Waals surface area contributed by atoms with Crippen molar-refractivity contribution in [2.75, 3.05) is 20.3 Å². The molecule has 0 atom stereocenters. The van der Waals surface area contributed by atoms with E-state index in [1.54, 1.807) is 24.3 Å². The highest BCUT2D eigenvalue weighted by Gasteiger charge is 2.18. The Kier molecular flexibility index (Phi) is 7.07. The summed E-state index contributed by atoms with van der Waals surface area (Å²) in [5.41, 5.74) is 0.348. The van der Waals surface area contributed by atoms with Gasteiger partial charge in [0.1, 0.15) is 17.5 Å². The molecule has 0 radical (unpaired) electrons. The molecule has 0 bridgehead atoms. The van der Waals surface area contributed by atoms with E-state index in [9.17, 15) is 18.4 Å². The summed E-state index contributed by atoms with van der Waals surface area (Å²) in [6.07, 6.45) is 1.57. The highest BCUT2D eigenvalue weighted by Crippen LogP contribution is 2.24. The van der Waals surface area contributed by atoms with Crippen molar-refractivity contribution < 1.29 is 22.7 Å². The van der Waals surface area contributed by atoms with Crippen LogP contribution in [-0.4, -0.2) is 46.0 Å². The number of oxazole rings is 1. The molecule has 0 saturated carbocycles. The molecule has 0 unspecified atom stereocenters. The number of fused-ring (bicyclic) bond motifs is 1. The summed E-state index contributed by atoms with van der Waals surface area (Å²) < 4.78 is 37.8. The predicted octanol–water partition coefficient (Wildman–Crippen LogP) is 3.46. The van der Waals surface area contributed by atoms with Crippen molar-refractivity contribution in [2.24, 2.45) is 0 Å². The Morgan fingerprint density at radius 1 is 1.21 bits per heavy atom. The topological polar surface area (TPSA) is 101 Å². The molecule has 4 rings (SSSR count). The van der Waals surface area contributed by atoms with Crippen LogP contribution in [0.5, 0.6) is 0 Å². The van der Waals surface area contributed by atoms with Crippen molar-refractivity contribution in [1.29, 1.82) is 0 Å². The monoisotopic (exact) mass is 468 g/mol. The third-order valence-corrected chi connectivity index (χ3v) is 5.22. The highest BCUT2D eigenvalue weighted by molar-refractivity contribution is 5.78.